The van der Waals surface area contributed by atoms with Gasteiger partial charge in [-0.25, -0.2) is 0 Å². The summed E-state index contributed by atoms with van der Waals surface area (Å²) in [5, 5.41) is 11.7. The van der Waals surface area contributed by atoms with Crippen LogP contribution in [0.1, 0.15) is 11.3 Å². The quantitative estimate of drug-likeness (QED) is 0.476. The fraction of sp³-hybridized carbons (Fsp3) is 0.125. The average molecular weight is 464 g/mol. The Bertz CT molecular complexity index is 1310. The fourth-order valence-electron chi connectivity index (χ4n) is 3.95. The van der Waals surface area contributed by atoms with E-state index in [4.69, 9.17) is 9.47 Å². The fourth-order valence-corrected chi connectivity index (χ4v) is 4.31. The number of nitrogens with zero attached hydrogens (tertiary/aromatic N) is 1. The third-order valence-electron chi connectivity index (χ3n) is 5.33. The Morgan fingerprint density at radius 3 is 2.53 bits per heavy atom. The molecule has 0 aliphatic carbocycles. The van der Waals surface area contributed by atoms with Crippen LogP contribution < -0.4 is 15.0 Å². The lowest BCUT2D eigenvalue weighted by Crippen LogP contribution is -2.25. The summed E-state index contributed by atoms with van der Waals surface area (Å²) in [6, 6.07) is 21.1. The van der Waals surface area contributed by atoms with E-state index in [0.717, 1.165) is 26.5 Å². The molecule has 5 nitrogen and oxygen atoms in total. The van der Waals surface area contributed by atoms with E-state index < -0.39 is 0 Å². The van der Waals surface area contributed by atoms with Crippen LogP contribution in [0.15, 0.2) is 76.0 Å². The van der Waals surface area contributed by atoms with E-state index >= 15 is 0 Å². The number of hydrogen-bond acceptors (Lipinski definition) is 4. The van der Waals surface area contributed by atoms with E-state index in [1.165, 1.54) is 0 Å². The number of ether oxygens (including phenoxy) is 2. The summed E-state index contributed by atoms with van der Waals surface area (Å²) in [7, 11) is 0. The zero-order valence-electron chi connectivity index (χ0n) is 16.0. The molecular formula is C24H18BrNO4. The minimum atomic E-state index is -0.257. The number of halogens is 1. The molecule has 6 heteroatoms. The van der Waals surface area contributed by atoms with E-state index in [2.05, 4.69) is 15.9 Å². The highest BCUT2D eigenvalue weighted by atomic mass is 79.9. The van der Waals surface area contributed by atoms with Gasteiger partial charge in [0.25, 0.3) is 5.56 Å². The highest BCUT2D eigenvalue weighted by Gasteiger charge is 2.19. The molecule has 0 unspecified atom stereocenters. The van der Waals surface area contributed by atoms with Crippen molar-refractivity contribution in [3.05, 3.63) is 92.8 Å². The Hall–Kier alpha value is -3.09. The molecule has 4 aromatic rings. The number of rotatable bonds is 4. The molecule has 1 N–H and O–H groups in total. The van der Waals surface area contributed by atoms with Gasteiger partial charge in [0.1, 0.15) is 0 Å². The third kappa shape index (κ3) is 3.18. The van der Waals surface area contributed by atoms with Crippen molar-refractivity contribution in [3.8, 4) is 22.6 Å². The first-order valence-corrected chi connectivity index (χ1v) is 10.3. The lowest BCUT2D eigenvalue weighted by Gasteiger charge is -2.19. The Balaban J connectivity index is 1.77. The maximum absolute atomic E-state index is 13.4. The van der Waals surface area contributed by atoms with Crippen molar-refractivity contribution in [1.29, 1.82) is 0 Å². The van der Waals surface area contributed by atoms with Crippen molar-refractivity contribution in [1.82, 2.24) is 4.57 Å². The van der Waals surface area contributed by atoms with E-state index in [-0.39, 0.29) is 19.0 Å². The SMILES string of the molecule is O=c1c2ccc(Br)cc2c(-c2ccccc2)c(CO)n1Cc1ccc2c(c1)OCO2. The van der Waals surface area contributed by atoms with Gasteiger partial charge < -0.3 is 19.1 Å². The molecule has 3 aromatic carbocycles. The average Bonchev–Trinajstić information content (AvgIpc) is 3.24. The van der Waals surface area contributed by atoms with Gasteiger partial charge in [-0.2, -0.15) is 0 Å². The molecule has 0 spiro atoms. The van der Waals surface area contributed by atoms with Crippen LogP contribution >= 0.6 is 15.9 Å². The molecule has 2 heterocycles. The molecule has 5 rings (SSSR count). The van der Waals surface area contributed by atoms with Crippen LogP contribution in [-0.2, 0) is 13.2 Å². The number of aliphatic hydroxyl groups is 1. The van der Waals surface area contributed by atoms with Crippen LogP contribution in [-0.4, -0.2) is 16.5 Å². The van der Waals surface area contributed by atoms with Crippen molar-refractivity contribution in [3.63, 3.8) is 0 Å². The highest BCUT2D eigenvalue weighted by molar-refractivity contribution is 9.10. The van der Waals surface area contributed by atoms with E-state index in [1.54, 1.807) is 4.57 Å². The van der Waals surface area contributed by atoms with E-state index in [1.807, 2.05) is 66.7 Å². The predicted octanol–water partition coefficient (Wildman–Crippen LogP) is 4.70. The monoisotopic (exact) mass is 463 g/mol. The Kier molecular flexibility index (Phi) is 4.81. The molecule has 0 fully saturated rings. The van der Waals surface area contributed by atoms with Gasteiger partial charge in [0.15, 0.2) is 11.5 Å². The van der Waals surface area contributed by atoms with Crippen LogP contribution in [0, 0.1) is 0 Å². The van der Waals surface area contributed by atoms with E-state index in [9.17, 15) is 9.90 Å². The topological polar surface area (TPSA) is 60.7 Å². The van der Waals surface area contributed by atoms with E-state index in [0.29, 0.717) is 29.1 Å². The number of aromatic nitrogens is 1. The van der Waals surface area contributed by atoms with Crippen LogP contribution in [0.2, 0.25) is 0 Å². The zero-order valence-corrected chi connectivity index (χ0v) is 17.6. The van der Waals surface area contributed by atoms with Gasteiger partial charge in [-0.05, 0) is 46.8 Å². The largest absolute Gasteiger partial charge is 0.454 e. The molecule has 0 atom stereocenters. The molecule has 0 radical (unpaired) electrons. The van der Waals surface area contributed by atoms with Crippen molar-refractivity contribution < 1.29 is 14.6 Å². The number of hydrogen-bond donors (Lipinski definition) is 1. The minimum Gasteiger partial charge on any atom is -0.454 e. The lowest BCUT2D eigenvalue weighted by atomic mass is 9.96. The second kappa shape index (κ2) is 7.63. The number of pyridine rings is 1. The molecule has 0 bridgehead atoms. The molecule has 150 valence electrons. The maximum Gasteiger partial charge on any atom is 0.259 e. The van der Waals surface area contributed by atoms with Crippen molar-refractivity contribution in [2.24, 2.45) is 0 Å². The van der Waals surface area contributed by atoms with Crippen LogP contribution in [0.4, 0.5) is 0 Å². The molecule has 0 saturated carbocycles. The second-order valence-corrected chi connectivity index (χ2v) is 8.03. The Labute approximate surface area is 181 Å². The Morgan fingerprint density at radius 2 is 1.73 bits per heavy atom. The molecule has 0 amide bonds. The minimum absolute atomic E-state index is 0.140. The highest BCUT2D eigenvalue weighted by Crippen LogP contribution is 2.35. The normalized spacial score (nSPS) is 12.5. The number of aliphatic hydroxyl groups excluding tert-OH is 1. The van der Waals surface area contributed by atoms with Gasteiger partial charge >= 0.3 is 0 Å². The molecule has 1 aromatic heterocycles. The van der Waals surface area contributed by atoms with Crippen LogP contribution in [0.5, 0.6) is 11.5 Å². The van der Waals surface area contributed by atoms with Crippen molar-refractivity contribution >= 4 is 26.7 Å². The second-order valence-electron chi connectivity index (χ2n) is 7.11. The smallest absolute Gasteiger partial charge is 0.259 e. The number of benzene rings is 3. The summed E-state index contributed by atoms with van der Waals surface area (Å²) < 4.78 is 13.4. The van der Waals surface area contributed by atoms with Crippen LogP contribution in [0.25, 0.3) is 21.9 Å². The van der Waals surface area contributed by atoms with Gasteiger partial charge in [-0.15, -0.1) is 0 Å². The van der Waals surface area contributed by atoms with Gasteiger partial charge in [-0.1, -0.05) is 52.3 Å². The van der Waals surface area contributed by atoms with Crippen molar-refractivity contribution in [2.75, 3.05) is 6.79 Å². The molecule has 1 aliphatic heterocycles. The summed E-state index contributed by atoms with van der Waals surface area (Å²) in [4.78, 5) is 13.4. The first kappa shape index (κ1) is 18.9. The van der Waals surface area contributed by atoms with Gasteiger partial charge in [0, 0.05) is 15.4 Å². The first-order chi connectivity index (χ1) is 14.7. The van der Waals surface area contributed by atoms with Crippen molar-refractivity contribution in [2.45, 2.75) is 13.2 Å². The van der Waals surface area contributed by atoms with Gasteiger partial charge in [0.2, 0.25) is 6.79 Å². The summed E-state index contributed by atoms with van der Waals surface area (Å²) in [6.07, 6.45) is 0. The third-order valence-corrected chi connectivity index (χ3v) is 5.82. The molecule has 30 heavy (non-hydrogen) atoms. The molecule has 0 saturated heterocycles. The summed E-state index contributed by atoms with van der Waals surface area (Å²) in [5.41, 5.74) is 3.14. The molecular weight excluding hydrogens is 446 g/mol. The zero-order chi connectivity index (χ0) is 20.7. The summed E-state index contributed by atoms with van der Waals surface area (Å²) >= 11 is 3.51. The predicted molar refractivity (Wildman–Crippen MR) is 119 cm³/mol. The van der Waals surface area contributed by atoms with Gasteiger partial charge in [0.05, 0.1) is 18.8 Å². The maximum atomic E-state index is 13.4. The van der Waals surface area contributed by atoms with Gasteiger partial charge in [-0.3, -0.25) is 4.79 Å². The summed E-state index contributed by atoms with van der Waals surface area (Å²) in [5.74, 6) is 1.36. The molecule has 1 aliphatic rings. The summed E-state index contributed by atoms with van der Waals surface area (Å²) in [6.45, 7) is 0.257. The standard InChI is InChI=1S/C24H18BrNO4/c25-17-7-8-18-19(11-17)23(16-4-2-1-3-5-16)20(13-27)26(24(18)28)12-15-6-9-21-22(10-15)30-14-29-21/h1-11,27H,12-14H2. The Morgan fingerprint density at radius 1 is 0.933 bits per heavy atom. The first-order valence-electron chi connectivity index (χ1n) is 9.55. The lowest BCUT2D eigenvalue weighted by molar-refractivity contribution is 0.174. The van der Waals surface area contributed by atoms with Crippen LogP contribution in [0.3, 0.4) is 0 Å². The number of fused-ring (bicyclic) bond motifs is 2.